The topological polar surface area (TPSA) is 79.8 Å². The first-order valence-corrected chi connectivity index (χ1v) is 17.1. The summed E-state index contributed by atoms with van der Waals surface area (Å²) in [4.78, 5) is 19.9. The molecule has 1 amide bonds. The van der Waals surface area contributed by atoms with Crippen molar-refractivity contribution >= 4 is 35.2 Å². The second-order valence-corrected chi connectivity index (χ2v) is 17.3. The van der Waals surface area contributed by atoms with Gasteiger partial charge in [0.25, 0.3) is 10.0 Å². The maximum Gasteiger partial charge on any atom is 0.410 e. The van der Waals surface area contributed by atoms with Crippen LogP contribution >= 0.6 is 0 Å². The molecule has 3 aromatic rings. The van der Waals surface area contributed by atoms with Crippen molar-refractivity contribution in [3.63, 3.8) is 0 Å². The van der Waals surface area contributed by atoms with Gasteiger partial charge in [-0.1, -0.05) is 67.7 Å². The Kier molecular flexibility index (Phi) is 6.16. The molecule has 2 aliphatic heterocycles. The number of carbonyl (C=O) groups is 1. The summed E-state index contributed by atoms with van der Waals surface area (Å²) in [6.07, 6.45) is 0.220. The number of rotatable bonds is 5. The highest BCUT2D eigenvalue weighted by Gasteiger charge is 2.41. The van der Waals surface area contributed by atoms with Gasteiger partial charge < -0.3 is 4.74 Å². The molecule has 2 aromatic carbocycles. The van der Waals surface area contributed by atoms with Crippen molar-refractivity contribution in [1.82, 2.24) is 9.88 Å². The Hall–Kier alpha value is -3.17. The van der Waals surface area contributed by atoms with Crippen molar-refractivity contribution in [3.8, 4) is 0 Å². The predicted molar refractivity (Wildman–Crippen MR) is 143 cm³/mol. The molecule has 1 aromatic heterocycles. The second-order valence-electron chi connectivity index (χ2n) is 10.5. The fourth-order valence-electron chi connectivity index (χ4n) is 4.86. The zero-order valence-electron chi connectivity index (χ0n) is 21.1. The van der Waals surface area contributed by atoms with Crippen LogP contribution in [-0.4, -0.2) is 39.0 Å². The standard InChI is InChI=1S/C27H31N3O4SSi/c1-19-10-12-21(13-11-19)35(32,33)30-15-14-22-23-16-29(27(31)34-18-20-8-6-5-7-9-20)17-24(23)28-26(25(22)30)36(2,3)4/h5-13H,14-18H2,1-4H3. The molecule has 3 heterocycles. The number of hydrogen-bond donors (Lipinski definition) is 0. The number of ether oxygens (including phenoxy) is 1. The predicted octanol–water partition coefficient (Wildman–Crippen LogP) is 4.34. The minimum Gasteiger partial charge on any atom is -0.445 e. The number of nitrogens with zero attached hydrogens (tertiary/aromatic N) is 3. The fraction of sp³-hybridized carbons (Fsp3) is 0.333. The van der Waals surface area contributed by atoms with Crippen molar-refractivity contribution < 1.29 is 17.9 Å². The number of carbonyl (C=O) groups excluding carboxylic acids is 1. The molecule has 0 atom stereocenters. The Bertz CT molecular complexity index is 1420. The van der Waals surface area contributed by atoms with Crippen LogP contribution in [0.2, 0.25) is 19.6 Å². The number of aryl methyl sites for hydroxylation is 1. The Morgan fingerprint density at radius 1 is 1.00 bits per heavy atom. The average Bonchev–Trinajstić information content (AvgIpc) is 3.47. The Morgan fingerprint density at radius 2 is 1.69 bits per heavy atom. The van der Waals surface area contributed by atoms with Gasteiger partial charge in [-0.3, -0.25) is 14.2 Å². The normalized spacial score (nSPS) is 15.1. The van der Waals surface area contributed by atoms with E-state index < -0.39 is 18.1 Å². The third-order valence-corrected chi connectivity index (χ3v) is 10.3. The lowest BCUT2D eigenvalue weighted by molar-refractivity contribution is 0.0953. The van der Waals surface area contributed by atoms with Gasteiger partial charge >= 0.3 is 6.09 Å². The van der Waals surface area contributed by atoms with E-state index in [4.69, 9.17) is 9.72 Å². The summed E-state index contributed by atoms with van der Waals surface area (Å²) in [7, 11) is -5.75. The summed E-state index contributed by atoms with van der Waals surface area (Å²) in [5, 5.41) is 0.879. The van der Waals surface area contributed by atoms with Crippen LogP contribution in [0.4, 0.5) is 10.5 Å². The first-order chi connectivity index (χ1) is 17.1. The van der Waals surface area contributed by atoms with E-state index >= 15 is 0 Å². The van der Waals surface area contributed by atoms with Gasteiger partial charge in [-0.05, 0) is 36.6 Å². The summed E-state index contributed by atoms with van der Waals surface area (Å²) in [6, 6.07) is 16.6. The van der Waals surface area contributed by atoms with Gasteiger partial charge in [0.05, 0.1) is 29.4 Å². The smallest absolute Gasteiger partial charge is 0.410 e. The number of pyridine rings is 1. The van der Waals surface area contributed by atoms with E-state index in [1.807, 2.05) is 49.4 Å². The Morgan fingerprint density at radius 3 is 2.36 bits per heavy atom. The molecule has 0 saturated heterocycles. The molecule has 7 nitrogen and oxygen atoms in total. The number of anilines is 1. The molecule has 0 fully saturated rings. The highest BCUT2D eigenvalue weighted by atomic mass is 32.2. The number of sulfonamides is 1. The van der Waals surface area contributed by atoms with E-state index in [1.54, 1.807) is 21.3 Å². The minimum absolute atomic E-state index is 0.209. The Labute approximate surface area is 213 Å². The van der Waals surface area contributed by atoms with Crippen molar-refractivity contribution in [2.45, 2.75) is 57.6 Å². The third-order valence-electron chi connectivity index (χ3n) is 6.76. The minimum atomic E-state index is -3.73. The molecule has 0 unspecified atom stereocenters. The zero-order chi connectivity index (χ0) is 25.7. The summed E-state index contributed by atoms with van der Waals surface area (Å²) in [6.45, 7) is 9.81. The molecule has 0 aliphatic carbocycles. The van der Waals surface area contributed by atoms with E-state index in [0.717, 1.165) is 39.0 Å². The molecule has 2 aliphatic rings. The lowest BCUT2D eigenvalue weighted by Gasteiger charge is -2.27. The maximum absolute atomic E-state index is 13.7. The lowest BCUT2D eigenvalue weighted by Crippen LogP contribution is -2.45. The second kappa shape index (κ2) is 9.04. The van der Waals surface area contributed by atoms with Crippen molar-refractivity contribution in [2.75, 3.05) is 10.8 Å². The first-order valence-electron chi connectivity index (χ1n) is 12.2. The van der Waals surface area contributed by atoms with Crippen LogP contribution in [0.1, 0.15) is 27.9 Å². The van der Waals surface area contributed by atoms with Crippen LogP contribution < -0.4 is 9.62 Å². The largest absolute Gasteiger partial charge is 0.445 e. The number of benzene rings is 2. The summed E-state index contributed by atoms with van der Waals surface area (Å²) in [5.41, 5.74) is 5.50. The molecule has 0 N–H and O–H groups in total. The quantitative estimate of drug-likeness (QED) is 0.467. The van der Waals surface area contributed by atoms with Crippen LogP contribution in [0.3, 0.4) is 0 Å². The molecule has 5 rings (SSSR count). The van der Waals surface area contributed by atoms with Gasteiger partial charge in [-0.25, -0.2) is 13.2 Å². The maximum atomic E-state index is 13.7. The number of aromatic nitrogens is 1. The van der Waals surface area contributed by atoms with Gasteiger partial charge in [-0.15, -0.1) is 0 Å². The van der Waals surface area contributed by atoms with Crippen LogP contribution in [0.15, 0.2) is 59.5 Å². The van der Waals surface area contributed by atoms with E-state index in [0.29, 0.717) is 26.1 Å². The van der Waals surface area contributed by atoms with Crippen molar-refractivity contribution in [2.24, 2.45) is 0 Å². The van der Waals surface area contributed by atoms with Crippen molar-refractivity contribution in [3.05, 3.63) is 82.5 Å². The molecule has 0 bridgehead atoms. The molecule has 36 heavy (non-hydrogen) atoms. The van der Waals surface area contributed by atoms with Crippen LogP contribution in [0.25, 0.3) is 0 Å². The van der Waals surface area contributed by atoms with Crippen molar-refractivity contribution in [1.29, 1.82) is 0 Å². The van der Waals surface area contributed by atoms with Crippen LogP contribution in [0, 0.1) is 6.92 Å². The summed E-state index contributed by atoms with van der Waals surface area (Å²) >= 11 is 0. The average molecular weight is 522 g/mol. The lowest BCUT2D eigenvalue weighted by atomic mass is 10.1. The summed E-state index contributed by atoms with van der Waals surface area (Å²) in [5.74, 6) is 0. The number of fused-ring (bicyclic) bond motifs is 3. The summed E-state index contributed by atoms with van der Waals surface area (Å²) < 4.78 is 34.5. The molecule has 0 radical (unpaired) electrons. The van der Waals surface area contributed by atoms with E-state index in [1.165, 1.54) is 0 Å². The van der Waals surface area contributed by atoms with Gasteiger partial charge in [0, 0.05) is 17.4 Å². The monoisotopic (exact) mass is 521 g/mol. The highest BCUT2D eigenvalue weighted by Crippen LogP contribution is 2.38. The van der Waals surface area contributed by atoms with Gasteiger partial charge in [0.1, 0.15) is 14.7 Å². The Balaban J connectivity index is 1.48. The fourth-order valence-corrected chi connectivity index (χ4v) is 7.91. The first kappa shape index (κ1) is 24.5. The molecular formula is C27H31N3O4SSi. The van der Waals surface area contributed by atoms with Crippen LogP contribution in [-0.2, 0) is 40.9 Å². The molecule has 9 heteroatoms. The van der Waals surface area contributed by atoms with Crippen LogP contribution in [0.5, 0.6) is 0 Å². The molecular weight excluding hydrogens is 490 g/mol. The van der Waals surface area contributed by atoms with Gasteiger partial charge in [0.15, 0.2) is 0 Å². The van der Waals surface area contributed by atoms with E-state index in [2.05, 4.69) is 19.6 Å². The molecule has 0 saturated carbocycles. The van der Waals surface area contributed by atoms with Gasteiger partial charge in [0.2, 0.25) is 0 Å². The molecule has 188 valence electrons. The zero-order valence-corrected chi connectivity index (χ0v) is 22.9. The molecule has 0 spiro atoms. The van der Waals surface area contributed by atoms with E-state index in [-0.39, 0.29) is 17.6 Å². The number of amides is 1. The van der Waals surface area contributed by atoms with E-state index in [9.17, 15) is 13.2 Å². The number of hydrogen-bond acceptors (Lipinski definition) is 5. The third kappa shape index (κ3) is 4.41. The SMILES string of the molecule is Cc1ccc(S(=O)(=O)N2CCc3c4c(nc([Si](C)(C)C)c32)CN(C(=O)OCc2ccccc2)C4)cc1. The van der Waals surface area contributed by atoms with Gasteiger partial charge in [-0.2, -0.15) is 0 Å². The highest BCUT2D eigenvalue weighted by molar-refractivity contribution is 7.92.